The maximum absolute atomic E-state index is 12.6. The molecule has 1 heterocycles. The zero-order valence-corrected chi connectivity index (χ0v) is 17.7. The number of aliphatic carboxylic acids is 1. The molecule has 3 N–H and O–H groups in total. The molecule has 1 fully saturated rings. The van der Waals surface area contributed by atoms with Crippen molar-refractivity contribution in [2.24, 2.45) is 0 Å². The molecule has 8 nitrogen and oxygen atoms in total. The molecule has 4 rings (SSSR count). The predicted octanol–water partition coefficient (Wildman–Crippen LogP) is 2.66. The van der Waals surface area contributed by atoms with Crippen LogP contribution in [0.2, 0.25) is 0 Å². The van der Waals surface area contributed by atoms with Crippen LogP contribution < -0.4 is 10.6 Å². The van der Waals surface area contributed by atoms with Gasteiger partial charge in [-0.2, -0.15) is 0 Å². The number of alkyl carbamates (subject to hydrolysis) is 1. The van der Waals surface area contributed by atoms with Gasteiger partial charge in [-0.3, -0.25) is 9.59 Å². The third-order valence-corrected chi connectivity index (χ3v) is 5.88. The van der Waals surface area contributed by atoms with Gasteiger partial charge in [0.15, 0.2) is 0 Å². The van der Waals surface area contributed by atoms with Crippen LogP contribution in [0.15, 0.2) is 48.5 Å². The fraction of sp³-hybridized carbons (Fsp3) is 0.375. The van der Waals surface area contributed by atoms with Crippen LogP contribution in [-0.4, -0.2) is 54.5 Å². The lowest BCUT2D eigenvalue weighted by molar-refractivity contribution is -0.140. The first-order chi connectivity index (χ1) is 15.4. The Labute approximate surface area is 185 Å². The number of carboxylic acid groups (broad SMARTS) is 1. The van der Waals surface area contributed by atoms with E-state index in [1.54, 1.807) is 0 Å². The lowest BCUT2D eigenvalue weighted by Crippen LogP contribution is -2.51. The maximum atomic E-state index is 12.6. The Morgan fingerprint density at radius 3 is 2.28 bits per heavy atom. The Bertz CT molecular complexity index is 978. The molecule has 0 spiro atoms. The fourth-order valence-electron chi connectivity index (χ4n) is 4.39. The van der Waals surface area contributed by atoms with Gasteiger partial charge >= 0.3 is 12.1 Å². The van der Waals surface area contributed by atoms with E-state index in [-0.39, 0.29) is 24.7 Å². The predicted molar refractivity (Wildman–Crippen MR) is 116 cm³/mol. The van der Waals surface area contributed by atoms with Gasteiger partial charge in [0.2, 0.25) is 5.91 Å². The second kappa shape index (κ2) is 9.40. The molecule has 0 bridgehead atoms. The van der Waals surface area contributed by atoms with Crippen LogP contribution in [0, 0.1) is 0 Å². The number of carbonyl (C=O) groups is 3. The van der Waals surface area contributed by atoms with E-state index >= 15 is 0 Å². The van der Waals surface area contributed by atoms with Gasteiger partial charge in [0.05, 0.1) is 25.2 Å². The fourth-order valence-corrected chi connectivity index (χ4v) is 4.39. The molecule has 0 aromatic heterocycles. The molecule has 2 aromatic rings. The molecule has 2 aromatic carbocycles. The molecule has 2 amide bonds. The summed E-state index contributed by atoms with van der Waals surface area (Å²) in [6, 6.07) is 14.5. The lowest BCUT2D eigenvalue weighted by atomic mass is 9.98. The number of benzene rings is 2. The Balaban J connectivity index is 1.39. The van der Waals surface area contributed by atoms with E-state index in [0.29, 0.717) is 13.0 Å². The van der Waals surface area contributed by atoms with Crippen molar-refractivity contribution in [3.8, 4) is 11.1 Å². The van der Waals surface area contributed by atoms with Crippen LogP contribution >= 0.6 is 0 Å². The number of rotatable bonds is 7. The summed E-state index contributed by atoms with van der Waals surface area (Å²) in [4.78, 5) is 36.3. The van der Waals surface area contributed by atoms with Crippen molar-refractivity contribution in [3.63, 3.8) is 0 Å². The van der Waals surface area contributed by atoms with Gasteiger partial charge in [0, 0.05) is 5.92 Å². The Kier molecular flexibility index (Phi) is 6.41. The zero-order valence-electron chi connectivity index (χ0n) is 17.7. The molecule has 3 atom stereocenters. The molecular formula is C24H26N2O6. The molecule has 32 heavy (non-hydrogen) atoms. The van der Waals surface area contributed by atoms with Crippen molar-refractivity contribution in [1.82, 2.24) is 10.6 Å². The van der Waals surface area contributed by atoms with Crippen molar-refractivity contribution in [2.45, 2.75) is 43.9 Å². The summed E-state index contributed by atoms with van der Waals surface area (Å²) in [5.41, 5.74) is 4.34. The number of carbonyl (C=O) groups excluding carboxylic acids is 2. The number of ether oxygens (including phenoxy) is 2. The van der Waals surface area contributed by atoms with E-state index in [2.05, 4.69) is 10.6 Å². The largest absolute Gasteiger partial charge is 0.481 e. The summed E-state index contributed by atoms with van der Waals surface area (Å²) in [5.74, 6) is -1.89. The molecule has 1 saturated heterocycles. The second-order valence-electron chi connectivity index (χ2n) is 8.21. The molecule has 1 aliphatic carbocycles. The van der Waals surface area contributed by atoms with Crippen LogP contribution in [0.4, 0.5) is 4.79 Å². The lowest BCUT2D eigenvalue weighted by Gasteiger charge is -2.20. The number of fused-ring (bicyclic) bond motifs is 3. The Morgan fingerprint density at radius 1 is 1.09 bits per heavy atom. The van der Waals surface area contributed by atoms with Gasteiger partial charge in [-0.15, -0.1) is 0 Å². The highest BCUT2D eigenvalue weighted by Crippen LogP contribution is 2.44. The summed E-state index contributed by atoms with van der Waals surface area (Å²) in [6.45, 7) is 2.34. The van der Waals surface area contributed by atoms with Crippen LogP contribution in [-0.2, 0) is 19.1 Å². The number of hydrogen-bond acceptors (Lipinski definition) is 5. The van der Waals surface area contributed by atoms with Crippen LogP contribution in [0.3, 0.4) is 0 Å². The average Bonchev–Trinajstić information content (AvgIpc) is 3.32. The minimum absolute atomic E-state index is 0.0216. The Morgan fingerprint density at radius 2 is 1.72 bits per heavy atom. The minimum atomic E-state index is -1.24. The van der Waals surface area contributed by atoms with Crippen molar-refractivity contribution >= 4 is 18.0 Å². The van der Waals surface area contributed by atoms with E-state index in [4.69, 9.17) is 9.47 Å². The van der Waals surface area contributed by atoms with Crippen LogP contribution in [0.5, 0.6) is 0 Å². The molecule has 3 unspecified atom stereocenters. The van der Waals surface area contributed by atoms with Crippen LogP contribution in [0.1, 0.15) is 36.8 Å². The number of hydrogen-bond donors (Lipinski definition) is 3. The molecular weight excluding hydrogens is 412 g/mol. The molecule has 1 aliphatic heterocycles. The SMILES string of the molecule is CC1CC(NC(=O)C(CC(=O)O)NC(=O)OCC2c3ccccc3-c3ccccc32)CO1. The first-order valence-corrected chi connectivity index (χ1v) is 10.7. The molecule has 0 radical (unpaired) electrons. The van der Waals surface area contributed by atoms with Crippen molar-refractivity contribution < 1.29 is 29.0 Å². The third-order valence-electron chi connectivity index (χ3n) is 5.88. The average molecular weight is 438 g/mol. The summed E-state index contributed by atoms with van der Waals surface area (Å²) >= 11 is 0. The molecule has 2 aliphatic rings. The summed E-state index contributed by atoms with van der Waals surface area (Å²) in [5, 5.41) is 14.3. The Hall–Kier alpha value is -3.39. The van der Waals surface area contributed by atoms with Gasteiger partial charge < -0.3 is 25.2 Å². The summed E-state index contributed by atoms with van der Waals surface area (Å²) < 4.78 is 10.9. The monoisotopic (exact) mass is 438 g/mol. The minimum Gasteiger partial charge on any atom is -0.481 e. The van der Waals surface area contributed by atoms with E-state index < -0.39 is 30.4 Å². The van der Waals surface area contributed by atoms with Crippen molar-refractivity contribution in [2.75, 3.05) is 13.2 Å². The van der Waals surface area contributed by atoms with Crippen LogP contribution in [0.25, 0.3) is 11.1 Å². The maximum Gasteiger partial charge on any atom is 0.407 e. The molecule has 8 heteroatoms. The van der Waals surface area contributed by atoms with Gasteiger partial charge in [0.1, 0.15) is 12.6 Å². The number of nitrogens with one attached hydrogen (secondary N) is 2. The van der Waals surface area contributed by atoms with E-state index in [0.717, 1.165) is 22.3 Å². The summed E-state index contributed by atoms with van der Waals surface area (Å²) in [6.07, 6.45) is -0.715. The number of carboxylic acids is 1. The van der Waals surface area contributed by atoms with Gasteiger partial charge in [-0.25, -0.2) is 4.79 Å². The third kappa shape index (κ3) is 4.75. The zero-order chi connectivity index (χ0) is 22.7. The van der Waals surface area contributed by atoms with E-state index in [9.17, 15) is 19.5 Å². The highest BCUT2D eigenvalue weighted by molar-refractivity contribution is 5.89. The van der Waals surface area contributed by atoms with E-state index in [1.807, 2.05) is 55.5 Å². The van der Waals surface area contributed by atoms with E-state index in [1.165, 1.54) is 0 Å². The van der Waals surface area contributed by atoms with Gasteiger partial charge in [-0.05, 0) is 35.6 Å². The number of amides is 2. The van der Waals surface area contributed by atoms with Gasteiger partial charge in [-0.1, -0.05) is 48.5 Å². The second-order valence-corrected chi connectivity index (χ2v) is 8.21. The highest BCUT2D eigenvalue weighted by atomic mass is 16.5. The van der Waals surface area contributed by atoms with Crippen molar-refractivity contribution in [3.05, 3.63) is 59.7 Å². The highest BCUT2D eigenvalue weighted by Gasteiger charge is 2.31. The summed E-state index contributed by atoms with van der Waals surface area (Å²) in [7, 11) is 0. The quantitative estimate of drug-likeness (QED) is 0.612. The molecule has 168 valence electrons. The topological polar surface area (TPSA) is 114 Å². The molecule has 0 saturated carbocycles. The first kappa shape index (κ1) is 21.8. The first-order valence-electron chi connectivity index (χ1n) is 10.7. The standard InChI is InChI=1S/C24H26N2O6/c1-14-10-15(12-31-14)25-23(29)21(11-22(27)28)26-24(30)32-13-20-18-8-4-2-6-16(18)17-7-3-5-9-19(17)20/h2-9,14-15,20-21H,10-13H2,1H3,(H,25,29)(H,26,30)(H,27,28). The normalized spacial score (nSPS) is 20.2. The van der Waals surface area contributed by atoms with Gasteiger partial charge in [0.25, 0.3) is 0 Å². The smallest absolute Gasteiger partial charge is 0.407 e. The van der Waals surface area contributed by atoms with Crippen molar-refractivity contribution in [1.29, 1.82) is 0 Å².